The molecule has 0 aliphatic carbocycles. The molecule has 0 fully saturated rings. The van der Waals surface area contributed by atoms with Crippen molar-refractivity contribution in [2.45, 2.75) is 0 Å². The van der Waals surface area contributed by atoms with E-state index in [1.54, 1.807) is 24.8 Å². The highest BCUT2D eigenvalue weighted by Gasteiger charge is 2.09. The molecule has 0 aliphatic heterocycles. The first kappa shape index (κ1) is 15.0. The van der Waals surface area contributed by atoms with Crippen LogP contribution in [0.15, 0.2) is 85.5 Å². The number of benzene rings is 1. The standard InChI is InChI=1S/C20H15N5/c1-2-6-17(7-3-1)23-19-13-18(16-5-4-10-22-14-16)24-20(25-19)15-8-11-21-12-9-15/h1-14H,(H,23,24,25). The molecule has 25 heavy (non-hydrogen) atoms. The van der Waals surface area contributed by atoms with Crippen LogP contribution in [0.1, 0.15) is 0 Å². The van der Waals surface area contributed by atoms with Crippen LogP contribution < -0.4 is 5.32 Å². The molecule has 3 heterocycles. The summed E-state index contributed by atoms with van der Waals surface area (Å²) in [7, 11) is 0. The van der Waals surface area contributed by atoms with Crippen LogP contribution in [-0.4, -0.2) is 19.9 Å². The van der Waals surface area contributed by atoms with Crippen LogP contribution in [-0.2, 0) is 0 Å². The number of hydrogen-bond donors (Lipinski definition) is 1. The van der Waals surface area contributed by atoms with E-state index in [9.17, 15) is 0 Å². The van der Waals surface area contributed by atoms with Gasteiger partial charge in [0, 0.05) is 47.7 Å². The van der Waals surface area contributed by atoms with Gasteiger partial charge in [0.2, 0.25) is 0 Å². The van der Waals surface area contributed by atoms with Crippen LogP contribution in [0.25, 0.3) is 22.6 Å². The molecule has 0 saturated heterocycles. The minimum atomic E-state index is 0.641. The van der Waals surface area contributed by atoms with E-state index in [0.717, 1.165) is 28.3 Å². The van der Waals surface area contributed by atoms with Gasteiger partial charge < -0.3 is 5.32 Å². The Hall–Kier alpha value is -3.60. The average molecular weight is 325 g/mol. The second-order valence-electron chi connectivity index (χ2n) is 5.43. The van der Waals surface area contributed by atoms with Gasteiger partial charge in [0.25, 0.3) is 0 Å². The predicted octanol–water partition coefficient (Wildman–Crippen LogP) is 4.34. The molecular weight excluding hydrogens is 310 g/mol. The third-order valence-corrected chi connectivity index (χ3v) is 3.67. The van der Waals surface area contributed by atoms with Crippen LogP contribution >= 0.6 is 0 Å². The summed E-state index contributed by atoms with van der Waals surface area (Å²) in [5.74, 6) is 1.37. The summed E-state index contributed by atoms with van der Waals surface area (Å²) < 4.78 is 0. The molecular formula is C20H15N5. The molecule has 120 valence electrons. The van der Waals surface area contributed by atoms with Crippen LogP contribution in [0.5, 0.6) is 0 Å². The lowest BCUT2D eigenvalue weighted by atomic mass is 10.2. The van der Waals surface area contributed by atoms with Gasteiger partial charge in [-0.1, -0.05) is 18.2 Å². The van der Waals surface area contributed by atoms with Gasteiger partial charge in [-0.2, -0.15) is 0 Å². The molecule has 0 radical (unpaired) electrons. The summed E-state index contributed by atoms with van der Waals surface area (Å²) in [6.45, 7) is 0. The molecule has 0 aliphatic rings. The molecule has 0 bridgehead atoms. The zero-order valence-corrected chi connectivity index (χ0v) is 13.4. The van der Waals surface area contributed by atoms with Crippen LogP contribution in [0.2, 0.25) is 0 Å². The van der Waals surface area contributed by atoms with Crippen molar-refractivity contribution in [3.05, 3.63) is 85.5 Å². The summed E-state index contributed by atoms with van der Waals surface area (Å²) in [6, 6.07) is 19.5. The number of nitrogens with zero attached hydrogens (tertiary/aromatic N) is 4. The topological polar surface area (TPSA) is 63.6 Å². The van der Waals surface area contributed by atoms with Gasteiger partial charge in [-0.3, -0.25) is 9.97 Å². The van der Waals surface area contributed by atoms with E-state index in [2.05, 4.69) is 20.3 Å². The van der Waals surface area contributed by atoms with E-state index in [0.29, 0.717) is 5.82 Å². The molecule has 0 spiro atoms. The van der Waals surface area contributed by atoms with E-state index in [4.69, 9.17) is 4.98 Å². The predicted molar refractivity (Wildman–Crippen MR) is 98.2 cm³/mol. The van der Waals surface area contributed by atoms with E-state index < -0.39 is 0 Å². The smallest absolute Gasteiger partial charge is 0.162 e. The zero-order chi connectivity index (χ0) is 16.9. The third kappa shape index (κ3) is 3.50. The first-order valence-electron chi connectivity index (χ1n) is 7.90. The van der Waals surface area contributed by atoms with Gasteiger partial charge in [0.05, 0.1) is 5.69 Å². The number of nitrogens with one attached hydrogen (secondary N) is 1. The Balaban J connectivity index is 1.80. The fraction of sp³-hybridized carbons (Fsp3) is 0. The van der Waals surface area contributed by atoms with Gasteiger partial charge in [0.1, 0.15) is 5.82 Å². The molecule has 5 heteroatoms. The number of rotatable bonds is 4. The number of pyridine rings is 2. The number of hydrogen-bond acceptors (Lipinski definition) is 5. The third-order valence-electron chi connectivity index (χ3n) is 3.67. The van der Waals surface area contributed by atoms with Gasteiger partial charge >= 0.3 is 0 Å². The van der Waals surface area contributed by atoms with Crippen molar-refractivity contribution in [2.24, 2.45) is 0 Å². The van der Waals surface area contributed by atoms with Crippen molar-refractivity contribution in [2.75, 3.05) is 5.32 Å². The number of aromatic nitrogens is 4. The largest absolute Gasteiger partial charge is 0.340 e. The number of para-hydroxylation sites is 1. The minimum absolute atomic E-state index is 0.641. The average Bonchev–Trinajstić information content (AvgIpc) is 2.70. The summed E-state index contributed by atoms with van der Waals surface area (Å²) in [5, 5.41) is 3.34. The fourth-order valence-electron chi connectivity index (χ4n) is 2.47. The Labute approximate surface area is 145 Å². The SMILES string of the molecule is c1ccc(Nc2cc(-c3cccnc3)nc(-c3ccncc3)n2)cc1. The highest BCUT2D eigenvalue weighted by atomic mass is 15.0. The first-order chi connectivity index (χ1) is 12.4. The molecule has 4 aromatic rings. The van der Waals surface area contributed by atoms with Crippen molar-refractivity contribution in [1.29, 1.82) is 0 Å². The Morgan fingerprint density at radius 2 is 1.52 bits per heavy atom. The Morgan fingerprint density at radius 3 is 2.28 bits per heavy atom. The molecule has 1 aromatic carbocycles. The lowest BCUT2D eigenvalue weighted by Gasteiger charge is -2.10. The molecule has 0 atom stereocenters. The van der Waals surface area contributed by atoms with Crippen molar-refractivity contribution >= 4 is 11.5 Å². The van der Waals surface area contributed by atoms with Crippen LogP contribution in [0, 0.1) is 0 Å². The van der Waals surface area contributed by atoms with Crippen molar-refractivity contribution in [3.8, 4) is 22.6 Å². The second kappa shape index (κ2) is 6.88. The van der Waals surface area contributed by atoms with E-state index in [1.807, 2.05) is 60.7 Å². The lowest BCUT2D eigenvalue weighted by Crippen LogP contribution is -1.99. The summed E-state index contributed by atoms with van der Waals surface area (Å²) in [6.07, 6.45) is 7.02. The van der Waals surface area contributed by atoms with E-state index in [-0.39, 0.29) is 0 Å². The highest BCUT2D eigenvalue weighted by Crippen LogP contribution is 2.25. The summed E-state index contributed by atoms with van der Waals surface area (Å²) >= 11 is 0. The fourth-order valence-corrected chi connectivity index (χ4v) is 2.47. The Kier molecular flexibility index (Phi) is 4.12. The van der Waals surface area contributed by atoms with Crippen LogP contribution in [0.3, 0.4) is 0 Å². The maximum Gasteiger partial charge on any atom is 0.162 e. The molecule has 3 aromatic heterocycles. The molecule has 0 unspecified atom stereocenters. The molecule has 0 amide bonds. The monoisotopic (exact) mass is 325 g/mol. The normalized spacial score (nSPS) is 10.4. The van der Waals surface area contributed by atoms with Gasteiger partial charge in [-0.15, -0.1) is 0 Å². The lowest BCUT2D eigenvalue weighted by molar-refractivity contribution is 1.17. The summed E-state index contributed by atoms with van der Waals surface area (Å²) in [5.41, 5.74) is 3.64. The summed E-state index contributed by atoms with van der Waals surface area (Å²) in [4.78, 5) is 17.6. The van der Waals surface area contributed by atoms with Gasteiger partial charge in [-0.25, -0.2) is 9.97 Å². The van der Waals surface area contributed by atoms with Crippen LogP contribution in [0.4, 0.5) is 11.5 Å². The Bertz CT molecular complexity index is 899. The maximum atomic E-state index is 4.70. The maximum absolute atomic E-state index is 4.70. The van der Waals surface area contributed by atoms with Gasteiger partial charge in [0.15, 0.2) is 5.82 Å². The zero-order valence-electron chi connectivity index (χ0n) is 13.4. The molecule has 4 rings (SSSR count). The molecule has 5 nitrogen and oxygen atoms in total. The van der Waals surface area contributed by atoms with E-state index >= 15 is 0 Å². The van der Waals surface area contributed by atoms with Crippen molar-refractivity contribution in [1.82, 2.24) is 19.9 Å². The highest BCUT2D eigenvalue weighted by molar-refractivity contribution is 5.69. The molecule has 1 N–H and O–H groups in total. The van der Waals surface area contributed by atoms with Crippen molar-refractivity contribution < 1.29 is 0 Å². The number of anilines is 2. The molecule has 0 saturated carbocycles. The van der Waals surface area contributed by atoms with Crippen molar-refractivity contribution in [3.63, 3.8) is 0 Å². The van der Waals surface area contributed by atoms with E-state index in [1.165, 1.54) is 0 Å². The quantitative estimate of drug-likeness (QED) is 0.604. The minimum Gasteiger partial charge on any atom is -0.340 e. The second-order valence-corrected chi connectivity index (χ2v) is 5.43. The Morgan fingerprint density at radius 1 is 0.680 bits per heavy atom. The van der Waals surface area contributed by atoms with Gasteiger partial charge in [-0.05, 0) is 36.4 Å². The first-order valence-corrected chi connectivity index (χ1v) is 7.90.